The molecule has 7 heteroatoms. The molecule has 0 spiro atoms. The summed E-state index contributed by atoms with van der Waals surface area (Å²) in [7, 11) is -3.57. The van der Waals surface area contributed by atoms with Crippen molar-refractivity contribution < 1.29 is 13.2 Å². The van der Waals surface area contributed by atoms with Gasteiger partial charge in [-0.2, -0.15) is 0 Å². The van der Waals surface area contributed by atoms with E-state index in [1.54, 1.807) is 47.6 Å². The van der Waals surface area contributed by atoms with Crippen LogP contribution in [-0.4, -0.2) is 37.3 Å². The van der Waals surface area contributed by atoms with Gasteiger partial charge in [-0.3, -0.25) is 9.78 Å². The van der Waals surface area contributed by atoms with Crippen LogP contribution in [0.5, 0.6) is 0 Å². The normalized spacial score (nSPS) is 11.2. The van der Waals surface area contributed by atoms with Crippen molar-refractivity contribution in [3.63, 3.8) is 0 Å². The van der Waals surface area contributed by atoms with Crippen molar-refractivity contribution in [3.05, 3.63) is 59.9 Å². The second kappa shape index (κ2) is 8.03. The Kier molecular flexibility index (Phi) is 6.05. The molecule has 6 nitrogen and oxygen atoms in total. The summed E-state index contributed by atoms with van der Waals surface area (Å²) in [5.41, 5.74) is 1.89. The predicted molar refractivity (Wildman–Crippen MR) is 91.7 cm³/mol. The Morgan fingerprint density at radius 3 is 2.50 bits per heavy atom. The number of benzene rings is 1. The van der Waals surface area contributed by atoms with Crippen LogP contribution >= 0.6 is 0 Å². The van der Waals surface area contributed by atoms with Crippen LogP contribution in [0.4, 0.5) is 0 Å². The van der Waals surface area contributed by atoms with E-state index in [2.05, 4.69) is 9.71 Å². The molecule has 0 aliphatic heterocycles. The van der Waals surface area contributed by atoms with Crippen LogP contribution in [0, 0.1) is 6.92 Å². The first-order valence-corrected chi connectivity index (χ1v) is 9.07. The smallest absolute Gasteiger partial charge is 0.240 e. The van der Waals surface area contributed by atoms with E-state index in [0.717, 1.165) is 11.1 Å². The highest BCUT2D eigenvalue weighted by atomic mass is 32.2. The van der Waals surface area contributed by atoms with Crippen LogP contribution in [0.3, 0.4) is 0 Å². The molecule has 1 amide bonds. The number of amides is 1. The first-order valence-electron chi connectivity index (χ1n) is 7.59. The van der Waals surface area contributed by atoms with E-state index in [1.807, 2.05) is 13.0 Å². The maximum absolute atomic E-state index is 12.2. The molecule has 1 heterocycles. The fraction of sp³-hybridized carbons (Fsp3) is 0.294. The van der Waals surface area contributed by atoms with E-state index in [9.17, 15) is 13.2 Å². The van der Waals surface area contributed by atoms with Crippen molar-refractivity contribution in [2.45, 2.75) is 25.3 Å². The summed E-state index contributed by atoms with van der Waals surface area (Å²) in [5.74, 6) is -0.117. The Labute approximate surface area is 142 Å². The summed E-state index contributed by atoms with van der Waals surface area (Å²) < 4.78 is 27.0. The summed E-state index contributed by atoms with van der Waals surface area (Å²) in [6, 6.07) is 10.3. The summed E-state index contributed by atoms with van der Waals surface area (Å²) in [6.07, 6.45) is 3.35. The SMILES string of the molecule is CC(=O)N(CCNS(=O)(=O)c1ccc(C)cc1)Cc1cccnc1. The van der Waals surface area contributed by atoms with Crippen molar-refractivity contribution in [1.29, 1.82) is 0 Å². The van der Waals surface area contributed by atoms with Gasteiger partial charge >= 0.3 is 0 Å². The molecule has 0 aliphatic rings. The zero-order chi connectivity index (χ0) is 17.6. The van der Waals surface area contributed by atoms with E-state index in [4.69, 9.17) is 0 Å². The number of pyridine rings is 1. The molecule has 0 saturated carbocycles. The van der Waals surface area contributed by atoms with E-state index in [1.165, 1.54) is 6.92 Å². The average Bonchev–Trinajstić information content (AvgIpc) is 2.55. The lowest BCUT2D eigenvalue weighted by atomic mass is 10.2. The van der Waals surface area contributed by atoms with E-state index in [0.29, 0.717) is 6.54 Å². The predicted octanol–water partition coefficient (Wildman–Crippen LogP) is 1.72. The number of sulfonamides is 1. The minimum Gasteiger partial charge on any atom is -0.337 e. The first kappa shape index (κ1) is 18.1. The summed E-state index contributed by atoms with van der Waals surface area (Å²) in [6.45, 7) is 4.19. The van der Waals surface area contributed by atoms with Gasteiger partial charge in [-0.1, -0.05) is 23.8 Å². The molecule has 1 aromatic carbocycles. The van der Waals surface area contributed by atoms with E-state index in [-0.39, 0.29) is 23.9 Å². The van der Waals surface area contributed by atoms with E-state index < -0.39 is 10.0 Å². The van der Waals surface area contributed by atoms with Gasteiger partial charge in [-0.05, 0) is 30.7 Å². The molecule has 2 aromatic rings. The minimum absolute atomic E-state index is 0.117. The van der Waals surface area contributed by atoms with Crippen molar-refractivity contribution >= 4 is 15.9 Å². The van der Waals surface area contributed by atoms with Gasteiger partial charge in [0.2, 0.25) is 15.9 Å². The molecule has 0 unspecified atom stereocenters. The van der Waals surface area contributed by atoms with Crippen molar-refractivity contribution in [2.75, 3.05) is 13.1 Å². The molecule has 0 saturated heterocycles. The Bertz CT molecular complexity index is 774. The molecule has 0 atom stereocenters. The van der Waals surface area contributed by atoms with Crippen LogP contribution in [-0.2, 0) is 21.4 Å². The zero-order valence-electron chi connectivity index (χ0n) is 13.8. The highest BCUT2D eigenvalue weighted by molar-refractivity contribution is 7.89. The quantitative estimate of drug-likeness (QED) is 0.827. The van der Waals surface area contributed by atoms with Gasteiger partial charge in [0.1, 0.15) is 0 Å². The molecule has 1 aromatic heterocycles. The maximum Gasteiger partial charge on any atom is 0.240 e. The lowest BCUT2D eigenvalue weighted by molar-refractivity contribution is -0.129. The van der Waals surface area contributed by atoms with Gasteiger partial charge in [0.25, 0.3) is 0 Å². The Hall–Kier alpha value is -2.25. The number of nitrogens with one attached hydrogen (secondary N) is 1. The second-order valence-electron chi connectivity index (χ2n) is 5.51. The van der Waals surface area contributed by atoms with Crippen LogP contribution in [0.15, 0.2) is 53.7 Å². The lowest BCUT2D eigenvalue weighted by Crippen LogP contribution is -2.37. The molecule has 2 rings (SSSR count). The third-order valence-corrected chi connectivity index (χ3v) is 5.02. The highest BCUT2D eigenvalue weighted by Gasteiger charge is 2.15. The monoisotopic (exact) mass is 347 g/mol. The van der Waals surface area contributed by atoms with Crippen LogP contribution < -0.4 is 4.72 Å². The standard InChI is InChI=1S/C17H21N3O3S/c1-14-5-7-17(8-6-14)24(22,23)19-10-11-20(15(2)21)13-16-4-3-9-18-12-16/h3-9,12,19H,10-11,13H2,1-2H3. The first-order chi connectivity index (χ1) is 11.4. The molecular formula is C17H21N3O3S. The number of carbonyl (C=O) groups is 1. The molecule has 0 radical (unpaired) electrons. The zero-order valence-corrected chi connectivity index (χ0v) is 14.6. The summed E-state index contributed by atoms with van der Waals surface area (Å²) in [4.78, 5) is 17.5. The van der Waals surface area contributed by atoms with Crippen LogP contribution in [0.25, 0.3) is 0 Å². The Morgan fingerprint density at radius 2 is 1.92 bits per heavy atom. The van der Waals surface area contributed by atoms with Gasteiger partial charge in [0.15, 0.2) is 0 Å². The Morgan fingerprint density at radius 1 is 1.21 bits per heavy atom. The lowest BCUT2D eigenvalue weighted by Gasteiger charge is -2.21. The van der Waals surface area contributed by atoms with E-state index >= 15 is 0 Å². The fourth-order valence-electron chi connectivity index (χ4n) is 2.18. The van der Waals surface area contributed by atoms with Crippen molar-refractivity contribution in [3.8, 4) is 0 Å². The molecular weight excluding hydrogens is 326 g/mol. The topological polar surface area (TPSA) is 79.4 Å². The number of hydrogen-bond acceptors (Lipinski definition) is 4. The number of hydrogen-bond donors (Lipinski definition) is 1. The number of carbonyl (C=O) groups excluding carboxylic acids is 1. The molecule has 0 bridgehead atoms. The highest BCUT2D eigenvalue weighted by Crippen LogP contribution is 2.10. The van der Waals surface area contributed by atoms with Gasteiger partial charge in [-0.25, -0.2) is 13.1 Å². The number of aromatic nitrogens is 1. The minimum atomic E-state index is -3.57. The number of nitrogens with zero attached hydrogens (tertiary/aromatic N) is 2. The third-order valence-electron chi connectivity index (χ3n) is 3.55. The number of rotatable bonds is 7. The van der Waals surface area contributed by atoms with Crippen molar-refractivity contribution in [2.24, 2.45) is 0 Å². The molecule has 128 valence electrons. The largest absolute Gasteiger partial charge is 0.337 e. The maximum atomic E-state index is 12.2. The van der Waals surface area contributed by atoms with Gasteiger partial charge in [-0.15, -0.1) is 0 Å². The summed E-state index contributed by atoms with van der Waals surface area (Å²) in [5, 5.41) is 0. The Balaban J connectivity index is 1.95. The molecule has 24 heavy (non-hydrogen) atoms. The third kappa shape index (κ3) is 5.14. The van der Waals surface area contributed by atoms with Gasteiger partial charge in [0.05, 0.1) is 4.90 Å². The molecule has 0 fully saturated rings. The average molecular weight is 347 g/mol. The van der Waals surface area contributed by atoms with Gasteiger partial charge in [0, 0.05) is 39.0 Å². The van der Waals surface area contributed by atoms with Crippen LogP contribution in [0.1, 0.15) is 18.1 Å². The van der Waals surface area contributed by atoms with Gasteiger partial charge < -0.3 is 4.90 Å². The van der Waals surface area contributed by atoms with Crippen LogP contribution in [0.2, 0.25) is 0 Å². The number of aryl methyl sites for hydroxylation is 1. The van der Waals surface area contributed by atoms with Crippen molar-refractivity contribution in [1.82, 2.24) is 14.6 Å². The fourth-order valence-corrected chi connectivity index (χ4v) is 3.20. The second-order valence-corrected chi connectivity index (χ2v) is 7.28. The molecule has 1 N–H and O–H groups in total. The molecule has 0 aliphatic carbocycles. The summed E-state index contributed by atoms with van der Waals surface area (Å²) >= 11 is 0.